The van der Waals surface area contributed by atoms with Crippen LogP contribution in [0.4, 0.5) is 0 Å². The average Bonchev–Trinajstić information content (AvgIpc) is 2.45. The second kappa shape index (κ2) is 6.66. The monoisotopic (exact) mass is 360 g/mol. The van der Waals surface area contributed by atoms with Gasteiger partial charge in [0.1, 0.15) is 12.4 Å². The summed E-state index contributed by atoms with van der Waals surface area (Å²) in [7, 11) is 0. The van der Waals surface area contributed by atoms with Gasteiger partial charge in [-0.15, -0.1) is 0 Å². The van der Waals surface area contributed by atoms with Crippen molar-refractivity contribution >= 4 is 22.2 Å². The molecule has 0 aromatic heterocycles. The van der Waals surface area contributed by atoms with Crippen LogP contribution in [-0.4, -0.2) is 6.29 Å². The molecule has 2 aromatic carbocycles. The van der Waals surface area contributed by atoms with E-state index < -0.39 is 0 Å². The van der Waals surface area contributed by atoms with Crippen molar-refractivity contribution in [1.29, 1.82) is 0 Å². The molecule has 0 spiro atoms. The van der Waals surface area contributed by atoms with Gasteiger partial charge in [-0.2, -0.15) is 0 Å². The molecule has 2 rings (SSSR count). The van der Waals surface area contributed by atoms with Crippen LogP contribution in [0.15, 0.2) is 40.9 Å². The summed E-state index contributed by atoms with van der Waals surface area (Å²) in [5, 5.41) is 0. The summed E-state index contributed by atoms with van der Waals surface area (Å²) >= 11 is 3.40. The standard InChI is InChI=1S/C19H21BrO2/c1-13-9-17(20)10-15(11-21)18(13)22-12-14-5-7-16(8-6-14)19(2,3)4/h5-11H,12H2,1-4H3. The molecule has 0 fully saturated rings. The highest BCUT2D eigenvalue weighted by Crippen LogP contribution is 2.28. The smallest absolute Gasteiger partial charge is 0.153 e. The Labute approximate surface area is 140 Å². The van der Waals surface area contributed by atoms with Crippen molar-refractivity contribution in [3.63, 3.8) is 0 Å². The fourth-order valence-corrected chi connectivity index (χ4v) is 2.89. The fourth-order valence-electron chi connectivity index (χ4n) is 2.30. The van der Waals surface area contributed by atoms with Gasteiger partial charge in [0, 0.05) is 4.47 Å². The van der Waals surface area contributed by atoms with Crippen molar-refractivity contribution in [2.45, 2.75) is 39.7 Å². The first-order chi connectivity index (χ1) is 10.3. The first kappa shape index (κ1) is 16.8. The maximum atomic E-state index is 11.2. The largest absolute Gasteiger partial charge is 0.488 e. The number of benzene rings is 2. The Hall–Kier alpha value is -1.61. The number of rotatable bonds is 4. The quantitative estimate of drug-likeness (QED) is 0.677. The van der Waals surface area contributed by atoms with Gasteiger partial charge in [-0.1, -0.05) is 61.0 Å². The molecular formula is C19H21BrO2. The Morgan fingerprint density at radius 2 is 1.77 bits per heavy atom. The van der Waals surface area contributed by atoms with Crippen molar-refractivity contribution in [3.05, 3.63) is 63.1 Å². The van der Waals surface area contributed by atoms with E-state index in [-0.39, 0.29) is 5.41 Å². The molecule has 22 heavy (non-hydrogen) atoms. The highest BCUT2D eigenvalue weighted by atomic mass is 79.9. The summed E-state index contributed by atoms with van der Waals surface area (Å²) < 4.78 is 6.76. The van der Waals surface area contributed by atoms with Gasteiger partial charge in [-0.05, 0) is 41.2 Å². The molecule has 0 saturated heterocycles. The zero-order valence-corrected chi connectivity index (χ0v) is 15.0. The van der Waals surface area contributed by atoms with Crippen LogP contribution in [0.5, 0.6) is 5.75 Å². The van der Waals surface area contributed by atoms with Crippen LogP contribution >= 0.6 is 15.9 Å². The van der Waals surface area contributed by atoms with Crippen molar-refractivity contribution in [1.82, 2.24) is 0 Å². The normalized spacial score (nSPS) is 11.3. The molecule has 116 valence electrons. The minimum Gasteiger partial charge on any atom is -0.488 e. The number of aryl methyl sites for hydroxylation is 1. The Kier molecular flexibility index (Phi) is 5.07. The van der Waals surface area contributed by atoms with E-state index in [1.165, 1.54) is 5.56 Å². The topological polar surface area (TPSA) is 26.3 Å². The number of carbonyl (C=O) groups excluding carboxylic acids is 1. The van der Waals surface area contributed by atoms with Crippen molar-refractivity contribution in [3.8, 4) is 5.75 Å². The van der Waals surface area contributed by atoms with Gasteiger partial charge in [0.25, 0.3) is 0 Å². The number of ether oxygens (including phenoxy) is 1. The van der Waals surface area contributed by atoms with Crippen LogP contribution in [0.2, 0.25) is 0 Å². The highest BCUT2D eigenvalue weighted by molar-refractivity contribution is 9.10. The Morgan fingerprint density at radius 3 is 2.32 bits per heavy atom. The van der Waals surface area contributed by atoms with E-state index in [1.807, 2.05) is 13.0 Å². The molecule has 0 atom stereocenters. The lowest BCUT2D eigenvalue weighted by Crippen LogP contribution is -2.11. The molecule has 0 aliphatic heterocycles. The van der Waals surface area contributed by atoms with E-state index in [4.69, 9.17) is 4.74 Å². The van der Waals surface area contributed by atoms with Crippen LogP contribution in [0.25, 0.3) is 0 Å². The van der Waals surface area contributed by atoms with Gasteiger partial charge in [0.15, 0.2) is 6.29 Å². The molecule has 3 heteroatoms. The molecule has 0 saturated carbocycles. The predicted octanol–water partition coefficient (Wildman–Crippen LogP) is 5.45. The van der Waals surface area contributed by atoms with E-state index in [2.05, 4.69) is 61.0 Å². The minimum atomic E-state index is 0.145. The Bertz CT molecular complexity index is 667. The SMILES string of the molecule is Cc1cc(Br)cc(C=O)c1OCc1ccc(C(C)(C)C)cc1. The van der Waals surface area contributed by atoms with Crippen LogP contribution < -0.4 is 4.74 Å². The van der Waals surface area contributed by atoms with E-state index in [0.717, 1.165) is 21.9 Å². The van der Waals surface area contributed by atoms with E-state index in [0.29, 0.717) is 17.9 Å². The molecule has 2 aromatic rings. The second-order valence-electron chi connectivity index (χ2n) is 6.49. The molecule has 0 bridgehead atoms. The number of hydrogen-bond donors (Lipinski definition) is 0. The molecule has 0 aliphatic carbocycles. The zero-order chi connectivity index (χ0) is 16.3. The Balaban J connectivity index is 2.15. The lowest BCUT2D eigenvalue weighted by Gasteiger charge is -2.19. The third-order valence-corrected chi connectivity index (χ3v) is 4.06. The van der Waals surface area contributed by atoms with Crippen molar-refractivity contribution in [2.24, 2.45) is 0 Å². The summed E-state index contributed by atoms with van der Waals surface area (Å²) in [4.78, 5) is 11.2. The molecule has 2 nitrogen and oxygen atoms in total. The maximum Gasteiger partial charge on any atom is 0.153 e. The van der Waals surface area contributed by atoms with Gasteiger partial charge >= 0.3 is 0 Å². The van der Waals surface area contributed by atoms with Crippen LogP contribution in [0, 0.1) is 6.92 Å². The first-order valence-corrected chi connectivity index (χ1v) is 8.08. The van der Waals surface area contributed by atoms with Gasteiger partial charge in [-0.3, -0.25) is 4.79 Å². The second-order valence-corrected chi connectivity index (χ2v) is 7.41. The number of halogens is 1. The summed E-state index contributed by atoms with van der Waals surface area (Å²) in [6.07, 6.45) is 0.829. The molecule has 0 N–H and O–H groups in total. The summed E-state index contributed by atoms with van der Waals surface area (Å²) in [6.45, 7) is 8.98. The maximum absolute atomic E-state index is 11.2. The number of aldehydes is 1. The molecule has 0 radical (unpaired) electrons. The van der Waals surface area contributed by atoms with E-state index >= 15 is 0 Å². The number of carbonyl (C=O) groups is 1. The van der Waals surface area contributed by atoms with Gasteiger partial charge in [-0.25, -0.2) is 0 Å². The molecule has 0 unspecified atom stereocenters. The molecular weight excluding hydrogens is 340 g/mol. The van der Waals surface area contributed by atoms with Crippen LogP contribution in [0.3, 0.4) is 0 Å². The first-order valence-electron chi connectivity index (χ1n) is 7.29. The summed E-state index contributed by atoms with van der Waals surface area (Å²) in [5.74, 6) is 0.651. The fraction of sp³-hybridized carbons (Fsp3) is 0.316. The third kappa shape index (κ3) is 3.98. The molecule has 0 amide bonds. The van der Waals surface area contributed by atoms with E-state index in [9.17, 15) is 4.79 Å². The molecule has 0 heterocycles. The lowest BCUT2D eigenvalue weighted by molar-refractivity contribution is 0.111. The van der Waals surface area contributed by atoms with Gasteiger partial charge < -0.3 is 4.74 Å². The summed E-state index contributed by atoms with van der Waals surface area (Å²) in [6, 6.07) is 12.1. The average molecular weight is 361 g/mol. The van der Waals surface area contributed by atoms with Gasteiger partial charge in [0.2, 0.25) is 0 Å². The van der Waals surface area contributed by atoms with Crippen molar-refractivity contribution < 1.29 is 9.53 Å². The lowest BCUT2D eigenvalue weighted by atomic mass is 9.87. The predicted molar refractivity (Wildman–Crippen MR) is 93.7 cm³/mol. The van der Waals surface area contributed by atoms with Crippen molar-refractivity contribution in [2.75, 3.05) is 0 Å². The zero-order valence-electron chi connectivity index (χ0n) is 13.4. The third-order valence-electron chi connectivity index (χ3n) is 3.60. The van der Waals surface area contributed by atoms with Gasteiger partial charge in [0.05, 0.1) is 5.56 Å². The molecule has 0 aliphatic rings. The van der Waals surface area contributed by atoms with E-state index in [1.54, 1.807) is 6.07 Å². The Morgan fingerprint density at radius 1 is 1.14 bits per heavy atom. The number of hydrogen-bond acceptors (Lipinski definition) is 2. The van der Waals surface area contributed by atoms with Crippen LogP contribution in [0.1, 0.15) is 47.8 Å². The summed E-state index contributed by atoms with van der Waals surface area (Å²) in [5.41, 5.74) is 4.05. The highest BCUT2D eigenvalue weighted by Gasteiger charge is 2.13. The van der Waals surface area contributed by atoms with Crippen LogP contribution in [-0.2, 0) is 12.0 Å². The minimum absolute atomic E-state index is 0.145.